The summed E-state index contributed by atoms with van der Waals surface area (Å²) in [5, 5.41) is 3.21. The number of halogens is 1. The Morgan fingerprint density at radius 1 is 1.20 bits per heavy atom. The van der Waals surface area contributed by atoms with E-state index in [2.05, 4.69) is 10.3 Å². The van der Waals surface area contributed by atoms with Crippen molar-refractivity contribution in [2.45, 2.75) is 26.4 Å². The van der Waals surface area contributed by atoms with Gasteiger partial charge in [0, 0.05) is 30.4 Å². The van der Waals surface area contributed by atoms with Crippen LogP contribution in [0.15, 0.2) is 36.5 Å². The second-order valence-electron chi connectivity index (χ2n) is 4.93. The third-order valence-electron chi connectivity index (χ3n) is 3.03. The maximum Gasteiger partial charge on any atom is 0.213 e. The molecule has 0 unspecified atom stereocenters. The lowest BCUT2D eigenvalue weighted by Gasteiger charge is -2.10. The second kappa shape index (κ2) is 6.48. The average molecular weight is 274 g/mol. The zero-order valence-electron chi connectivity index (χ0n) is 12.0. The molecule has 0 saturated carbocycles. The third-order valence-corrected chi connectivity index (χ3v) is 3.03. The Morgan fingerprint density at radius 3 is 2.60 bits per heavy atom. The van der Waals surface area contributed by atoms with Crippen LogP contribution >= 0.6 is 0 Å². The molecule has 0 atom stereocenters. The van der Waals surface area contributed by atoms with Crippen LogP contribution in [0.3, 0.4) is 0 Å². The summed E-state index contributed by atoms with van der Waals surface area (Å²) < 4.78 is 19.2. The molecule has 0 fully saturated rings. The summed E-state index contributed by atoms with van der Waals surface area (Å²) in [6, 6.07) is 9.23. The summed E-state index contributed by atoms with van der Waals surface area (Å²) in [7, 11) is 1.56. The SMILES string of the molecule is COc1cc(-c2ccc(CNC(C)C)c(F)c2)ccn1. The zero-order valence-corrected chi connectivity index (χ0v) is 12.0. The van der Waals surface area contributed by atoms with Crippen LogP contribution in [0, 0.1) is 5.82 Å². The van der Waals surface area contributed by atoms with Gasteiger partial charge < -0.3 is 10.1 Å². The molecule has 0 spiro atoms. The fourth-order valence-electron chi connectivity index (χ4n) is 1.88. The Morgan fingerprint density at radius 2 is 1.95 bits per heavy atom. The van der Waals surface area contributed by atoms with Crippen molar-refractivity contribution >= 4 is 0 Å². The number of nitrogens with zero attached hydrogens (tertiary/aromatic N) is 1. The molecule has 1 aromatic carbocycles. The molecule has 20 heavy (non-hydrogen) atoms. The summed E-state index contributed by atoms with van der Waals surface area (Å²) in [6.07, 6.45) is 1.65. The minimum atomic E-state index is -0.202. The van der Waals surface area contributed by atoms with E-state index in [1.54, 1.807) is 25.4 Å². The van der Waals surface area contributed by atoms with E-state index in [0.717, 1.165) is 11.1 Å². The molecule has 2 rings (SSSR count). The first-order valence-corrected chi connectivity index (χ1v) is 6.62. The number of ether oxygens (including phenoxy) is 1. The molecule has 3 nitrogen and oxygen atoms in total. The normalized spacial score (nSPS) is 10.8. The predicted octanol–water partition coefficient (Wildman–Crippen LogP) is 3.39. The molecule has 0 amide bonds. The smallest absolute Gasteiger partial charge is 0.213 e. The summed E-state index contributed by atoms with van der Waals surface area (Å²) in [5.74, 6) is 0.319. The van der Waals surface area contributed by atoms with Gasteiger partial charge in [-0.25, -0.2) is 9.37 Å². The first kappa shape index (κ1) is 14.5. The van der Waals surface area contributed by atoms with Crippen molar-refractivity contribution in [1.82, 2.24) is 10.3 Å². The lowest BCUT2D eigenvalue weighted by Crippen LogP contribution is -2.22. The van der Waals surface area contributed by atoms with Crippen molar-refractivity contribution in [3.63, 3.8) is 0 Å². The van der Waals surface area contributed by atoms with Crippen molar-refractivity contribution in [1.29, 1.82) is 0 Å². The molecular weight excluding hydrogens is 255 g/mol. The van der Waals surface area contributed by atoms with Crippen LogP contribution in [0.5, 0.6) is 5.88 Å². The van der Waals surface area contributed by atoms with Crippen LogP contribution in [-0.4, -0.2) is 18.1 Å². The summed E-state index contributed by atoms with van der Waals surface area (Å²) >= 11 is 0. The third kappa shape index (κ3) is 3.54. The van der Waals surface area contributed by atoms with Gasteiger partial charge in [-0.15, -0.1) is 0 Å². The molecule has 1 heterocycles. The minimum absolute atomic E-state index is 0.202. The van der Waals surface area contributed by atoms with Crippen molar-refractivity contribution in [3.05, 3.63) is 47.9 Å². The Balaban J connectivity index is 2.23. The fraction of sp³-hybridized carbons (Fsp3) is 0.312. The molecule has 106 valence electrons. The molecule has 2 aromatic rings. The maximum atomic E-state index is 14.1. The zero-order chi connectivity index (χ0) is 14.5. The Bertz CT molecular complexity index is 584. The van der Waals surface area contributed by atoms with Crippen LogP contribution in [0.25, 0.3) is 11.1 Å². The molecule has 0 aliphatic heterocycles. The average Bonchev–Trinajstić information content (AvgIpc) is 2.46. The van der Waals surface area contributed by atoms with Crippen molar-refractivity contribution in [2.24, 2.45) is 0 Å². The summed E-state index contributed by atoms with van der Waals surface area (Å²) in [5.41, 5.74) is 2.37. The van der Waals surface area contributed by atoms with E-state index in [0.29, 0.717) is 24.0 Å². The largest absolute Gasteiger partial charge is 0.481 e. The predicted molar refractivity (Wildman–Crippen MR) is 78.2 cm³/mol. The highest BCUT2D eigenvalue weighted by Gasteiger charge is 2.07. The lowest BCUT2D eigenvalue weighted by molar-refractivity contribution is 0.398. The Kier molecular flexibility index (Phi) is 4.69. The van der Waals surface area contributed by atoms with Gasteiger partial charge in [-0.2, -0.15) is 0 Å². The van der Waals surface area contributed by atoms with Gasteiger partial charge in [-0.3, -0.25) is 0 Å². The van der Waals surface area contributed by atoms with E-state index >= 15 is 0 Å². The molecule has 1 N–H and O–H groups in total. The highest BCUT2D eigenvalue weighted by molar-refractivity contribution is 5.64. The number of hydrogen-bond acceptors (Lipinski definition) is 3. The van der Waals surface area contributed by atoms with E-state index in [1.807, 2.05) is 32.0 Å². The van der Waals surface area contributed by atoms with Crippen LogP contribution in [0.4, 0.5) is 4.39 Å². The van der Waals surface area contributed by atoms with Gasteiger partial charge in [-0.05, 0) is 23.3 Å². The monoisotopic (exact) mass is 274 g/mol. The molecule has 0 aliphatic carbocycles. The topological polar surface area (TPSA) is 34.1 Å². The van der Waals surface area contributed by atoms with Crippen LogP contribution in [-0.2, 0) is 6.54 Å². The summed E-state index contributed by atoms with van der Waals surface area (Å²) in [4.78, 5) is 4.05. The van der Waals surface area contributed by atoms with Gasteiger partial charge in [0.25, 0.3) is 0 Å². The molecule has 1 aromatic heterocycles. The lowest BCUT2D eigenvalue weighted by atomic mass is 10.0. The van der Waals surface area contributed by atoms with E-state index in [9.17, 15) is 4.39 Å². The van der Waals surface area contributed by atoms with Crippen molar-refractivity contribution in [2.75, 3.05) is 7.11 Å². The van der Waals surface area contributed by atoms with Gasteiger partial charge >= 0.3 is 0 Å². The van der Waals surface area contributed by atoms with E-state index in [1.165, 1.54) is 0 Å². The van der Waals surface area contributed by atoms with Crippen LogP contribution in [0.2, 0.25) is 0 Å². The van der Waals surface area contributed by atoms with Crippen LogP contribution in [0.1, 0.15) is 19.4 Å². The Hall–Kier alpha value is -1.94. The molecular formula is C16H19FN2O. The van der Waals surface area contributed by atoms with E-state index in [-0.39, 0.29) is 5.82 Å². The van der Waals surface area contributed by atoms with Gasteiger partial charge in [0.15, 0.2) is 0 Å². The van der Waals surface area contributed by atoms with Crippen molar-refractivity contribution < 1.29 is 9.13 Å². The number of aromatic nitrogens is 1. The van der Waals surface area contributed by atoms with Crippen LogP contribution < -0.4 is 10.1 Å². The number of methoxy groups -OCH3 is 1. The number of benzene rings is 1. The van der Waals surface area contributed by atoms with Gasteiger partial charge in [0.05, 0.1) is 7.11 Å². The summed E-state index contributed by atoms with van der Waals surface area (Å²) in [6.45, 7) is 4.61. The first-order chi connectivity index (χ1) is 9.60. The fourth-order valence-corrected chi connectivity index (χ4v) is 1.88. The molecule has 4 heteroatoms. The first-order valence-electron chi connectivity index (χ1n) is 6.62. The highest BCUT2D eigenvalue weighted by Crippen LogP contribution is 2.24. The van der Waals surface area contributed by atoms with Gasteiger partial charge in [0.1, 0.15) is 5.82 Å². The quantitative estimate of drug-likeness (QED) is 0.907. The number of nitrogens with one attached hydrogen (secondary N) is 1. The number of pyridine rings is 1. The van der Waals surface area contributed by atoms with E-state index in [4.69, 9.17) is 4.74 Å². The second-order valence-corrected chi connectivity index (χ2v) is 4.93. The molecule has 0 saturated heterocycles. The Labute approximate surface area is 118 Å². The maximum absolute atomic E-state index is 14.1. The standard InChI is InChI=1S/C16H19FN2O/c1-11(2)19-10-14-5-4-12(8-15(14)17)13-6-7-18-16(9-13)20-3/h4-9,11,19H,10H2,1-3H3. The van der Waals surface area contributed by atoms with E-state index < -0.39 is 0 Å². The molecule has 0 aliphatic rings. The number of hydrogen-bond donors (Lipinski definition) is 1. The van der Waals surface area contributed by atoms with Crippen molar-refractivity contribution in [3.8, 4) is 17.0 Å². The highest BCUT2D eigenvalue weighted by atomic mass is 19.1. The molecule has 0 bridgehead atoms. The number of rotatable bonds is 5. The van der Waals surface area contributed by atoms with Gasteiger partial charge in [-0.1, -0.05) is 26.0 Å². The molecule has 0 radical (unpaired) electrons. The van der Waals surface area contributed by atoms with Gasteiger partial charge in [0.2, 0.25) is 5.88 Å². The minimum Gasteiger partial charge on any atom is -0.481 e.